The molecule has 2 aromatic carbocycles. The minimum Gasteiger partial charge on any atom is -0.481 e. The first-order valence-electron chi connectivity index (χ1n) is 11.8. The molecule has 0 aromatic heterocycles. The maximum Gasteiger partial charge on any atom is 0.326 e. The molecule has 0 radical (unpaired) electrons. The fraction of sp³-hybridized carbons (Fsp3) is 0.385. The topological polar surface area (TPSA) is 136 Å². The van der Waals surface area contributed by atoms with Crippen LogP contribution in [-0.2, 0) is 9.59 Å². The molecule has 0 saturated heterocycles. The minimum absolute atomic E-state index is 0.219. The van der Waals surface area contributed by atoms with Crippen molar-refractivity contribution in [3.63, 3.8) is 0 Å². The van der Waals surface area contributed by atoms with Crippen molar-refractivity contribution in [1.82, 2.24) is 10.6 Å². The highest BCUT2D eigenvalue weighted by molar-refractivity contribution is 9.09. The molecule has 2 aromatic rings. The number of nitrogens with zero attached hydrogens (tertiary/aromatic N) is 1. The van der Waals surface area contributed by atoms with E-state index in [1.54, 1.807) is 24.3 Å². The number of carboxylic acid groups (broad SMARTS) is 2. The van der Waals surface area contributed by atoms with Crippen LogP contribution in [0.1, 0.15) is 42.6 Å². The molecule has 0 spiro atoms. The first-order valence-corrected chi connectivity index (χ1v) is 14.0. The molecule has 2 rings (SSSR count). The number of imide groups is 1. The predicted octanol–water partition coefficient (Wildman–Crippen LogP) is 5.04. The first kappa shape index (κ1) is 32.1. The smallest absolute Gasteiger partial charge is 0.326 e. The van der Waals surface area contributed by atoms with Gasteiger partial charge in [-0.1, -0.05) is 63.9 Å². The molecule has 1 unspecified atom stereocenters. The van der Waals surface area contributed by atoms with Gasteiger partial charge in [0.05, 0.1) is 0 Å². The Balaban J connectivity index is 0.00000334. The van der Waals surface area contributed by atoms with Crippen LogP contribution in [0.2, 0.25) is 0 Å². The van der Waals surface area contributed by atoms with Crippen LogP contribution in [0.4, 0.5) is 10.5 Å². The third-order valence-electron chi connectivity index (χ3n) is 5.22. The Morgan fingerprint density at radius 1 is 0.946 bits per heavy atom. The Bertz CT molecular complexity index is 1060. The average Bonchev–Trinajstić information content (AvgIpc) is 2.87. The van der Waals surface area contributed by atoms with Crippen molar-refractivity contribution in [3.05, 3.63) is 53.6 Å². The SMILES string of the molecule is CC.Cc1cc(N(CCBr)CCBr)ccc1-c1ccc(C(=O)NC(=O)NC(CCC(=O)O)C(=O)O)cc1. The maximum absolute atomic E-state index is 12.4. The van der Waals surface area contributed by atoms with E-state index in [0.717, 1.165) is 46.1 Å². The monoisotopic (exact) mass is 641 g/mol. The van der Waals surface area contributed by atoms with Gasteiger partial charge in [0.2, 0.25) is 0 Å². The summed E-state index contributed by atoms with van der Waals surface area (Å²) in [6.45, 7) is 7.79. The second-order valence-corrected chi connectivity index (χ2v) is 9.28. The van der Waals surface area contributed by atoms with E-state index >= 15 is 0 Å². The predicted molar refractivity (Wildman–Crippen MR) is 152 cm³/mol. The number of halogens is 2. The van der Waals surface area contributed by atoms with Gasteiger partial charge in [-0.2, -0.15) is 0 Å². The van der Waals surface area contributed by atoms with Gasteiger partial charge in [0.1, 0.15) is 6.04 Å². The number of benzene rings is 2. The van der Waals surface area contributed by atoms with Crippen molar-refractivity contribution >= 4 is 61.4 Å². The average molecular weight is 643 g/mol. The lowest BCUT2D eigenvalue weighted by Crippen LogP contribution is -2.47. The summed E-state index contributed by atoms with van der Waals surface area (Å²) < 4.78 is 0. The van der Waals surface area contributed by atoms with Crippen LogP contribution in [-0.4, -0.2) is 63.9 Å². The number of aryl methyl sites for hydroxylation is 1. The van der Waals surface area contributed by atoms with Gasteiger partial charge in [-0.05, 0) is 54.3 Å². The van der Waals surface area contributed by atoms with Crippen molar-refractivity contribution in [2.24, 2.45) is 0 Å². The summed E-state index contributed by atoms with van der Waals surface area (Å²) in [6, 6.07) is 10.5. The maximum atomic E-state index is 12.4. The number of carbonyl (C=O) groups is 4. The molecule has 0 aliphatic carbocycles. The largest absolute Gasteiger partial charge is 0.481 e. The Hall–Kier alpha value is -2.92. The highest BCUT2D eigenvalue weighted by atomic mass is 79.9. The lowest BCUT2D eigenvalue weighted by molar-refractivity contribution is -0.140. The third-order valence-corrected chi connectivity index (χ3v) is 5.93. The van der Waals surface area contributed by atoms with Crippen LogP contribution in [0.5, 0.6) is 0 Å². The number of rotatable bonds is 12. The van der Waals surface area contributed by atoms with Crippen LogP contribution in [0.25, 0.3) is 11.1 Å². The summed E-state index contributed by atoms with van der Waals surface area (Å²) in [5.41, 5.74) is 4.34. The zero-order valence-corrected chi connectivity index (χ0v) is 24.3. The zero-order chi connectivity index (χ0) is 28.0. The molecule has 9 nitrogen and oxygen atoms in total. The van der Waals surface area contributed by atoms with Crippen molar-refractivity contribution in [1.29, 1.82) is 0 Å². The molecule has 3 amide bonds. The summed E-state index contributed by atoms with van der Waals surface area (Å²) in [5, 5.41) is 23.7. The van der Waals surface area contributed by atoms with Gasteiger partial charge in [-0.15, -0.1) is 0 Å². The number of aliphatic carboxylic acids is 2. The summed E-state index contributed by atoms with van der Waals surface area (Å²) >= 11 is 6.98. The molecule has 1 atom stereocenters. The molecular weight excluding hydrogens is 610 g/mol. The highest BCUT2D eigenvalue weighted by Gasteiger charge is 2.22. The molecule has 0 aliphatic rings. The highest BCUT2D eigenvalue weighted by Crippen LogP contribution is 2.28. The van der Waals surface area contributed by atoms with E-state index in [2.05, 4.69) is 59.5 Å². The van der Waals surface area contributed by atoms with Crippen molar-refractivity contribution in [3.8, 4) is 11.1 Å². The van der Waals surface area contributed by atoms with Gasteiger partial charge >= 0.3 is 18.0 Å². The van der Waals surface area contributed by atoms with E-state index in [1.165, 1.54) is 0 Å². The Morgan fingerprint density at radius 3 is 2.03 bits per heavy atom. The summed E-state index contributed by atoms with van der Waals surface area (Å²) in [4.78, 5) is 48.6. The van der Waals surface area contributed by atoms with Gasteiger partial charge in [0, 0.05) is 41.4 Å². The van der Waals surface area contributed by atoms with Crippen LogP contribution < -0.4 is 15.5 Å². The minimum atomic E-state index is -1.42. The van der Waals surface area contributed by atoms with Crippen molar-refractivity contribution in [2.75, 3.05) is 28.6 Å². The number of carboxylic acids is 2. The second kappa shape index (κ2) is 16.8. The summed E-state index contributed by atoms with van der Waals surface area (Å²) in [5.74, 6) is -3.28. The van der Waals surface area contributed by atoms with E-state index in [-0.39, 0.29) is 12.0 Å². The molecule has 4 N–H and O–H groups in total. The number of hydrogen-bond donors (Lipinski definition) is 4. The second-order valence-electron chi connectivity index (χ2n) is 7.69. The van der Waals surface area contributed by atoms with Crippen LogP contribution >= 0.6 is 31.9 Å². The molecule has 202 valence electrons. The standard InChI is InChI=1S/C24H27Br2N3O6.C2H6/c1-15-14-18(29(12-10-25)13-11-26)6-7-19(15)16-2-4-17(5-3-16)22(32)28-24(35)27-20(23(33)34)8-9-21(30)31;1-2/h2-7,14,20H,8-13H2,1H3,(H,30,31)(H,33,34)(H2,27,28,32,35);1-2H3. The molecular formula is C26H33Br2N3O6. The van der Waals surface area contributed by atoms with Crippen molar-refractivity contribution in [2.45, 2.75) is 39.7 Å². The fourth-order valence-electron chi connectivity index (χ4n) is 3.44. The summed E-state index contributed by atoms with van der Waals surface area (Å²) in [6.07, 6.45) is -0.735. The van der Waals surface area contributed by atoms with Gasteiger partial charge in [-0.25, -0.2) is 9.59 Å². The fourth-order valence-corrected chi connectivity index (χ4v) is 4.29. The Kier molecular flexibility index (Phi) is 14.5. The van der Waals surface area contributed by atoms with E-state index in [9.17, 15) is 19.2 Å². The van der Waals surface area contributed by atoms with Gasteiger partial charge < -0.3 is 20.4 Å². The van der Waals surface area contributed by atoms with Crippen LogP contribution in [0.3, 0.4) is 0 Å². The number of urea groups is 1. The normalized spacial score (nSPS) is 10.9. The first-order chi connectivity index (χ1) is 17.7. The molecule has 0 heterocycles. The van der Waals surface area contributed by atoms with Crippen molar-refractivity contribution < 1.29 is 29.4 Å². The zero-order valence-electron chi connectivity index (χ0n) is 21.1. The van der Waals surface area contributed by atoms with Gasteiger partial charge in [-0.3, -0.25) is 14.9 Å². The number of nitrogens with one attached hydrogen (secondary N) is 2. The molecule has 11 heteroatoms. The lowest BCUT2D eigenvalue weighted by atomic mass is 9.98. The number of hydrogen-bond acceptors (Lipinski definition) is 5. The number of anilines is 1. The van der Waals surface area contributed by atoms with E-state index in [1.807, 2.05) is 26.8 Å². The quantitative estimate of drug-likeness (QED) is 0.238. The molecule has 0 saturated carbocycles. The van der Waals surface area contributed by atoms with E-state index < -0.39 is 36.3 Å². The van der Waals surface area contributed by atoms with Crippen LogP contribution in [0.15, 0.2) is 42.5 Å². The van der Waals surface area contributed by atoms with E-state index in [4.69, 9.17) is 10.2 Å². The van der Waals surface area contributed by atoms with Crippen LogP contribution in [0, 0.1) is 6.92 Å². The Labute approximate surface area is 233 Å². The van der Waals surface area contributed by atoms with E-state index in [0.29, 0.717) is 0 Å². The lowest BCUT2D eigenvalue weighted by Gasteiger charge is -2.24. The number of amides is 3. The molecule has 0 aliphatic heterocycles. The summed E-state index contributed by atoms with van der Waals surface area (Å²) in [7, 11) is 0. The van der Waals surface area contributed by atoms with Gasteiger partial charge in [0.25, 0.3) is 5.91 Å². The third kappa shape index (κ3) is 10.5. The number of carbonyl (C=O) groups excluding carboxylic acids is 2. The Morgan fingerprint density at radius 2 is 1.54 bits per heavy atom. The van der Waals surface area contributed by atoms with Gasteiger partial charge in [0.15, 0.2) is 0 Å². The molecule has 0 bridgehead atoms. The molecule has 0 fully saturated rings. The molecule has 37 heavy (non-hydrogen) atoms. The number of alkyl halides is 2.